The number of amides is 1. The van der Waals surface area contributed by atoms with Crippen molar-refractivity contribution in [1.29, 1.82) is 0 Å². The molecular weight excluding hydrogens is 412 g/mol. The summed E-state index contributed by atoms with van der Waals surface area (Å²) in [7, 11) is -1.99. The van der Waals surface area contributed by atoms with Crippen LogP contribution >= 0.6 is 11.6 Å². The lowest BCUT2D eigenvalue weighted by Crippen LogP contribution is -2.41. The molecule has 29 heavy (non-hydrogen) atoms. The minimum Gasteiger partial charge on any atom is -0.379 e. The second-order valence-corrected chi connectivity index (χ2v) is 9.32. The van der Waals surface area contributed by atoms with Crippen molar-refractivity contribution in [1.82, 2.24) is 9.21 Å². The highest BCUT2D eigenvalue weighted by atomic mass is 35.5. The molecule has 0 N–H and O–H groups in total. The summed E-state index contributed by atoms with van der Waals surface area (Å²) < 4.78 is 33.0. The molecule has 0 aliphatic carbocycles. The third kappa shape index (κ3) is 4.98. The molecule has 6 nitrogen and oxygen atoms in total. The topological polar surface area (TPSA) is 66.9 Å². The molecule has 1 saturated heterocycles. The van der Waals surface area contributed by atoms with E-state index in [0.29, 0.717) is 55.4 Å². The number of carbonyl (C=O) groups is 1. The van der Waals surface area contributed by atoms with Gasteiger partial charge in [0.1, 0.15) is 0 Å². The first kappa shape index (κ1) is 21.8. The fourth-order valence-corrected chi connectivity index (χ4v) is 5.16. The molecule has 3 rings (SSSR count). The third-order valence-corrected chi connectivity index (χ3v) is 7.20. The third-order valence-electron chi connectivity index (χ3n) is 4.96. The van der Waals surface area contributed by atoms with Gasteiger partial charge >= 0.3 is 0 Å². The van der Waals surface area contributed by atoms with Gasteiger partial charge in [-0.15, -0.1) is 0 Å². The van der Waals surface area contributed by atoms with Crippen LogP contribution in [-0.2, 0) is 27.7 Å². The van der Waals surface area contributed by atoms with Gasteiger partial charge in [-0.2, -0.15) is 4.31 Å². The summed E-state index contributed by atoms with van der Waals surface area (Å²) in [5.41, 5.74) is 2.00. The van der Waals surface area contributed by atoms with Crippen LogP contribution in [0.3, 0.4) is 0 Å². The number of nitrogens with zero attached hydrogens (tertiary/aromatic N) is 2. The van der Waals surface area contributed by atoms with E-state index in [4.69, 9.17) is 16.3 Å². The Morgan fingerprint density at radius 1 is 1.14 bits per heavy atom. The Labute approximate surface area is 177 Å². The lowest BCUT2D eigenvalue weighted by molar-refractivity contribution is 0.0729. The van der Waals surface area contributed by atoms with Crippen molar-refractivity contribution in [2.75, 3.05) is 33.4 Å². The minimum atomic E-state index is -3.68. The maximum Gasteiger partial charge on any atom is 0.253 e. The summed E-state index contributed by atoms with van der Waals surface area (Å²) in [6.07, 6.45) is 0.563. The minimum absolute atomic E-state index is 0.202. The van der Waals surface area contributed by atoms with Gasteiger partial charge in [-0.05, 0) is 41.8 Å². The van der Waals surface area contributed by atoms with Gasteiger partial charge in [0.25, 0.3) is 5.91 Å². The number of hydrogen-bond acceptors (Lipinski definition) is 4. The molecule has 0 spiro atoms. The van der Waals surface area contributed by atoms with Crippen LogP contribution in [0.2, 0.25) is 5.02 Å². The molecule has 0 radical (unpaired) electrons. The molecule has 1 heterocycles. The first-order valence-corrected chi connectivity index (χ1v) is 11.4. The van der Waals surface area contributed by atoms with Crippen molar-refractivity contribution < 1.29 is 17.9 Å². The predicted molar refractivity (Wildman–Crippen MR) is 113 cm³/mol. The second kappa shape index (κ2) is 9.26. The highest BCUT2D eigenvalue weighted by Crippen LogP contribution is 2.24. The molecule has 156 valence electrons. The van der Waals surface area contributed by atoms with Gasteiger partial charge in [0.05, 0.1) is 18.1 Å². The Morgan fingerprint density at radius 2 is 1.79 bits per heavy atom. The number of ether oxygens (including phenoxy) is 1. The number of aryl methyl sites for hydroxylation is 1. The van der Waals surface area contributed by atoms with Crippen LogP contribution in [0.1, 0.15) is 28.4 Å². The summed E-state index contributed by atoms with van der Waals surface area (Å²) in [5, 5.41) is 0.635. The van der Waals surface area contributed by atoms with Gasteiger partial charge in [0.2, 0.25) is 10.0 Å². The molecular formula is C21H25ClN2O4S. The number of rotatable bonds is 6. The van der Waals surface area contributed by atoms with Crippen LogP contribution in [0, 0.1) is 0 Å². The molecule has 0 bridgehead atoms. The van der Waals surface area contributed by atoms with E-state index in [1.165, 1.54) is 10.4 Å². The van der Waals surface area contributed by atoms with Crippen molar-refractivity contribution >= 4 is 27.5 Å². The largest absolute Gasteiger partial charge is 0.379 e. The predicted octanol–water partition coefficient (Wildman–Crippen LogP) is 3.20. The lowest BCUT2D eigenvalue weighted by Gasteiger charge is -2.27. The molecule has 0 saturated carbocycles. The number of benzene rings is 2. The van der Waals surface area contributed by atoms with Crippen LogP contribution in [-0.4, -0.2) is 56.9 Å². The van der Waals surface area contributed by atoms with E-state index in [1.807, 2.05) is 19.1 Å². The number of sulfonamides is 1. The monoisotopic (exact) mass is 436 g/mol. The second-order valence-electron chi connectivity index (χ2n) is 6.98. The molecule has 1 aliphatic heterocycles. The smallest absolute Gasteiger partial charge is 0.253 e. The van der Waals surface area contributed by atoms with Crippen LogP contribution in [0.25, 0.3) is 0 Å². The van der Waals surface area contributed by atoms with Crippen molar-refractivity contribution in [2.45, 2.75) is 24.8 Å². The Hall–Kier alpha value is -1.93. The molecule has 0 aromatic heterocycles. The molecule has 2 aromatic rings. The van der Waals surface area contributed by atoms with E-state index >= 15 is 0 Å². The average Bonchev–Trinajstić information content (AvgIpc) is 2.75. The van der Waals surface area contributed by atoms with Crippen LogP contribution in [0.15, 0.2) is 47.4 Å². The highest BCUT2D eigenvalue weighted by molar-refractivity contribution is 7.89. The van der Waals surface area contributed by atoms with Crippen LogP contribution in [0.5, 0.6) is 0 Å². The van der Waals surface area contributed by atoms with E-state index in [-0.39, 0.29) is 10.8 Å². The fraction of sp³-hybridized carbons (Fsp3) is 0.381. The normalized spacial score (nSPS) is 15.3. The van der Waals surface area contributed by atoms with Crippen molar-refractivity contribution in [3.05, 3.63) is 64.2 Å². The number of halogens is 1. The van der Waals surface area contributed by atoms with E-state index in [0.717, 1.165) is 5.56 Å². The lowest BCUT2D eigenvalue weighted by atomic mass is 10.1. The molecule has 1 aliphatic rings. The van der Waals surface area contributed by atoms with Crippen molar-refractivity contribution in [3.8, 4) is 0 Å². The number of carbonyl (C=O) groups excluding carboxylic acids is 1. The van der Waals surface area contributed by atoms with Crippen molar-refractivity contribution in [2.24, 2.45) is 0 Å². The summed E-state index contributed by atoms with van der Waals surface area (Å²) in [4.78, 5) is 14.7. The average molecular weight is 437 g/mol. The summed E-state index contributed by atoms with van der Waals surface area (Å²) in [6, 6.07) is 12.2. The first-order chi connectivity index (χ1) is 13.8. The van der Waals surface area contributed by atoms with E-state index in [2.05, 4.69) is 0 Å². The van der Waals surface area contributed by atoms with Gasteiger partial charge in [-0.1, -0.05) is 36.7 Å². The maximum absolute atomic E-state index is 13.2. The van der Waals surface area contributed by atoms with Crippen LogP contribution in [0.4, 0.5) is 0 Å². The Kier molecular flexibility index (Phi) is 6.95. The van der Waals surface area contributed by atoms with E-state index in [9.17, 15) is 13.2 Å². The SMILES string of the molecule is CCc1ccc(C(=O)N(C)Cc2ccc(Cl)cc2)cc1S(=O)(=O)N1CCOCC1. The van der Waals surface area contributed by atoms with Gasteiger partial charge in [0, 0.05) is 37.3 Å². The van der Waals surface area contributed by atoms with Gasteiger partial charge in [-0.3, -0.25) is 4.79 Å². The molecule has 1 amide bonds. The van der Waals surface area contributed by atoms with E-state index < -0.39 is 10.0 Å². The summed E-state index contributed by atoms with van der Waals surface area (Å²) >= 11 is 5.91. The standard InChI is InChI=1S/C21H25ClN2O4S/c1-3-17-6-7-18(14-20(17)29(26,27)24-10-12-28-13-11-24)21(25)23(2)15-16-4-8-19(22)9-5-16/h4-9,14H,3,10-13,15H2,1-2H3. The molecule has 0 atom stereocenters. The zero-order valence-corrected chi connectivity index (χ0v) is 18.2. The fourth-order valence-electron chi connectivity index (χ4n) is 3.30. The summed E-state index contributed by atoms with van der Waals surface area (Å²) in [5.74, 6) is -0.235. The molecule has 1 fully saturated rings. The molecule has 2 aromatic carbocycles. The zero-order valence-electron chi connectivity index (χ0n) is 16.6. The molecule has 8 heteroatoms. The van der Waals surface area contributed by atoms with Gasteiger partial charge in [-0.25, -0.2) is 8.42 Å². The van der Waals surface area contributed by atoms with Gasteiger partial charge < -0.3 is 9.64 Å². The number of morpholine rings is 1. The zero-order chi connectivity index (χ0) is 21.0. The van der Waals surface area contributed by atoms with Gasteiger partial charge in [0.15, 0.2) is 0 Å². The first-order valence-electron chi connectivity index (χ1n) is 9.53. The van der Waals surface area contributed by atoms with E-state index in [1.54, 1.807) is 36.2 Å². The Morgan fingerprint density at radius 3 is 2.41 bits per heavy atom. The Bertz CT molecular complexity index is 971. The molecule has 0 unspecified atom stereocenters. The highest BCUT2D eigenvalue weighted by Gasteiger charge is 2.29. The van der Waals surface area contributed by atoms with Crippen molar-refractivity contribution in [3.63, 3.8) is 0 Å². The Balaban J connectivity index is 1.87. The quantitative estimate of drug-likeness (QED) is 0.697. The summed E-state index contributed by atoms with van der Waals surface area (Å²) in [6.45, 7) is 3.70. The number of hydrogen-bond donors (Lipinski definition) is 0. The van der Waals surface area contributed by atoms with Crippen LogP contribution < -0.4 is 0 Å². The maximum atomic E-state index is 13.2.